The smallest absolute Gasteiger partial charge is 0.0962 e. The van der Waals surface area contributed by atoms with E-state index in [4.69, 9.17) is 0 Å². The first-order chi connectivity index (χ1) is 6.84. The van der Waals surface area contributed by atoms with E-state index in [1.54, 1.807) is 0 Å². The summed E-state index contributed by atoms with van der Waals surface area (Å²) in [5.41, 5.74) is 1.24. The highest BCUT2D eigenvalue weighted by atomic mass is 32.2. The molecule has 0 unspecified atom stereocenters. The summed E-state index contributed by atoms with van der Waals surface area (Å²) in [6.45, 7) is 4.39. The number of nitrogens with zero attached hydrogens (tertiary/aromatic N) is 1. The van der Waals surface area contributed by atoms with Crippen LogP contribution in [-0.4, -0.2) is 23.3 Å². The molecule has 0 radical (unpaired) electrons. The number of hydrogen-bond acceptors (Lipinski definition) is 3. The first-order valence-corrected chi connectivity index (χ1v) is 6.02. The third kappa shape index (κ3) is 2.72. The molecule has 1 N–H and O–H groups in total. The molecule has 1 fully saturated rings. The highest BCUT2D eigenvalue weighted by molar-refractivity contribution is 7.99. The molecular weight excluding hydrogens is 192 g/mol. The zero-order valence-corrected chi connectivity index (χ0v) is 9.31. The fraction of sp³-hybridized carbons (Fsp3) is 0.545. The van der Waals surface area contributed by atoms with Crippen molar-refractivity contribution in [2.24, 2.45) is 0 Å². The molecule has 2 rings (SSSR count). The molecule has 1 aliphatic heterocycles. The standard InChI is InChI=1S/C11H16N2S/c1-9-2-3-11(13-8-9)14-10-4-6-12-7-5-10/h2-3,8,10,12H,4-7H2,1H3. The molecule has 1 saturated heterocycles. The van der Waals surface area contributed by atoms with Gasteiger partial charge in [-0.25, -0.2) is 4.98 Å². The number of hydrogen-bond donors (Lipinski definition) is 1. The highest BCUT2D eigenvalue weighted by Crippen LogP contribution is 2.26. The van der Waals surface area contributed by atoms with E-state index in [1.165, 1.54) is 23.4 Å². The minimum atomic E-state index is 0.756. The summed E-state index contributed by atoms with van der Waals surface area (Å²) in [6, 6.07) is 4.26. The Morgan fingerprint density at radius 2 is 2.14 bits per heavy atom. The molecule has 0 aliphatic carbocycles. The number of aryl methyl sites for hydroxylation is 1. The minimum absolute atomic E-state index is 0.756. The van der Waals surface area contributed by atoms with E-state index in [9.17, 15) is 0 Å². The first-order valence-electron chi connectivity index (χ1n) is 5.14. The molecule has 0 atom stereocenters. The average Bonchev–Trinajstić information content (AvgIpc) is 2.23. The van der Waals surface area contributed by atoms with Gasteiger partial charge in [0.1, 0.15) is 0 Å². The van der Waals surface area contributed by atoms with Crippen molar-refractivity contribution in [1.29, 1.82) is 0 Å². The van der Waals surface area contributed by atoms with E-state index >= 15 is 0 Å². The number of piperidine rings is 1. The molecule has 2 heterocycles. The number of thioether (sulfide) groups is 1. The van der Waals surface area contributed by atoms with E-state index in [1.807, 2.05) is 18.0 Å². The largest absolute Gasteiger partial charge is 0.317 e. The lowest BCUT2D eigenvalue weighted by Gasteiger charge is -2.21. The normalized spacial score (nSPS) is 18.4. The van der Waals surface area contributed by atoms with Gasteiger partial charge < -0.3 is 5.32 Å². The molecule has 0 saturated carbocycles. The van der Waals surface area contributed by atoms with Crippen LogP contribution in [0.25, 0.3) is 0 Å². The van der Waals surface area contributed by atoms with Crippen LogP contribution in [0.3, 0.4) is 0 Å². The Kier molecular flexibility index (Phi) is 3.43. The van der Waals surface area contributed by atoms with E-state index < -0.39 is 0 Å². The summed E-state index contributed by atoms with van der Waals surface area (Å²) in [7, 11) is 0. The van der Waals surface area contributed by atoms with E-state index in [2.05, 4.69) is 29.4 Å². The van der Waals surface area contributed by atoms with Crippen LogP contribution < -0.4 is 5.32 Å². The lowest BCUT2D eigenvalue weighted by atomic mass is 10.2. The molecule has 0 bridgehead atoms. The third-order valence-corrected chi connectivity index (χ3v) is 3.75. The fourth-order valence-electron chi connectivity index (χ4n) is 1.61. The topological polar surface area (TPSA) is 24.9 Å². The number of nitrogens with one attached hydrogen (secondary N) is 1. The highest BCUT2D eigenvalue weighted by Gasteiger charge is 2.14. The van der Waals surface area contributed by atoms with Crippen molar-refractivity contribution in [2.75, 3.05) is 13.1 Å². The van der Waals surface area contributed by atoms with Gasteiger partial charge in [-0.1, -0.05) is 6.07 Å². The van der Waals surface area contributed by atoms with Gasteiger partial charge in [-0.15, -0.1) is 11.8 Å². The van der Waals surface area contributed by atoms with E-state index in [0.29, 0.717) is 0 Å². The van der Waals surface area contributed by atoms with Gasteiger partial charge in [-0.3, -0.25) is 0 Å². The second kappa shape index (κ2) is 4.80. The second-order valence-corrected chi connectivity index (χ2v) is 5.06. The number of aromatic nitrogens is 1. The molecule has 2 nitrogen and oxygen atoms in total. The van der Waals surface area contributed by atoms with Crippen LogP contribution in [0.15, 0.2) is 23.4 Å². The molecular formula is C11H16N2S. The maximum atomic E-state index is 4.41. The third-order valence-electron chi connectivity index (χ3n) is 2.46. The van der Waals surface area contributed by atoms with Gasteiger partial charge in [-0.2, -0.15) is 0 Å². The summed E-state index contributed by atoms with van der Waals surface area (Å²) in [5, 5.41) is 5.30. The van der Waals surface area contributed by atoms with Crippen LogP contribution in [0.5, 0.6) is 0 Å². The zero-order chi connectivity index (χ0) is 9.80. The van der Waals surface area contributed by atoms with E-state index in [0.717, 1.165) is 18.3 Å². The molecule has 0 aromatic carbocycles. The lowest BCUT2D eigenvalue weighted by Crippen LogP contribution is -2.29. The fourth-order valence-corrected chi connectivity index (χ4v) is 2.68. The Morgan fingerprint density at radius 1 is 1.36 bits per heavy atom. The molecule has 1 aromatic heterocycles. The van der Waals surface area contributed by atoms with Crippen LogP contribution in [0.4, 0.5) is 0 Å². The molecule has 76 valence electrons. The van der Waals surface area contributed by atoms with Gasteiger partial charge in [0, 0.05) is 11.4 Å². The predicted octanol–water partition coefficient (Wildman–Crippen LogP) is 2.23. The van der Waals surface area contributed by atoms with Crippen molar-refractivity contribution in [3.05, 3.63) is 23.9 Å². The van der Waals surface area contributed by atoms with Crippen molar-refractivity contribution in [1.82, 2.24) is 10.3 Å². The molecule has 1 aliphatic rings. The SMILES string of the molecule is Cc1ccc(SC2CCNCC2)nc1. The Labute approximate surface area is 89.5 Å². The van der Waals surface area contributed by atoms with Gasteiger partial charge in [0.05, 0.1) is 5.03 Å². The van der Waals surface area contributed by atoms with Crippen LogP contribution in [0, 0.1) is 6.92 Å². The summed E-state index contributed by atoms with van der Waals surface area (Å²) in [4.78, 5) is 4.41. The van der Waals surface area contributed by atoms with Crippen LogP contribution in [0.1, 0.15) is 18.4 Å². The van der Waals surface area contributed by atoms with Gasteiger partial charge in [0.15, 0.2) is 0 Å². The van der Waals surface area contributed by atoms with Gasteiger partial charge >= 0.3 is 0 Å². The summed E-state index contributed by atoms with van der Waals surface area (Å²) >= 11 is 1.92. The van der Waals surface area contributed by atoms with E-state index in [-0.39, 0.29) is 0 Å². The van der Waals surface area contributed by atoms with Crippen LogP contribution in [0.2, 0.25) is 0 Å². The maximum Gasteiger partial charge on any atom is 0.0962 e. The Bertz CT molecular complexity index is 278. The lowest BCUT2D eigenvalue weighted by molar-refractivity contribution is 0.531. The number of pyridine rings is 1. The molecule has 14 heavy (non-hydrogen) atoms. The molecule has 1 aromatic rings. The predicted molar refractivity (Wildman–Crippen MR) is 60.7 cm³/mol. The van der Waals surface area contributed by atoms with Crippen molar-refractivity contribution >= 4 is 11.8 Å². The van der Waals surface area contributed by atoms with Gasteiger partial charge in [0.25, 0.3) is 0 Å². The minimum Gasteiger partial charge on any atom is -0.317 e. The van der Waals surface area contributed by atoms with Crippen molar-refractivity contribution in [3.63, 3.8) is 0 Å². The zero-order valence-electron chi connectivity index (χ0n) is 8.49. The molecule has 0 spiro atoms. The molecule has 3 heteroatoms. The van der Waals surface area contributed by atoms with Crippen LogP contribution >= 0.6 is 11.8 Å². The number of rotatable bonds is 2. The second-order valence-electron chi connectivity index (χ2n) is 3.74. The Balaban J connectivity index is 1.92. The quantitative estimate of drug-likeness (QED) is 0.807. The summed E-state index contributed by atoms with van der Waals surface area (Å²) in [6.07, 6.45) is 4.48. The first kappa shape index (κ1) is 9.99. The molecule has 0 amide bonds. The summed E-state index contributed by atoms with van der Waals surface area (Å²) in [5.74, 6) is 0. The van der Waals surface area contributed by atoms with Crippen molar-refractivity contribution < 1.29 is 0 Å². The average molecular weight is 208 g/mol. The van der Waals surface area contributed by atoms with Crippen LogP contribution in [-0.2, 0) is 0 Å². The van der Waals surface area contributed by atoms with Crippen molar-refractivity contribution in [2.45, 2.75) is 30.0 Å². The van der Waals surface area contributed by atoms with Gasteiger partial charge in [0.2, 0.25) is 0 Å². The Hall–Kier alpha value is -0.540. The maximum absolute atomic E-state index is 4.41. The van der Waals surface area contributed by atoms with Gasteiger partial charge in [-0.05, 0) is 44.5 Å². The van der Waals surface area contributed by atoms with Crippen molar-refractivity contribution in [3.8, 4) is 0 Å². The monoisotopic (exact) mass is 208 g/mol. The Morgan fingerprint density at radius 3 is 2.79 bits per heavy atom. The summed E-state index contributed by atoms with van der Waals surface area (Å²) < 4.78 is 0.